The maximum Gasteiger partial charge on any atom is 0.412 e. The number of hydrogen-bond acceptors (Lipinski definition) is 7. The van der Waals surface area contributed by atoms with E-state index in [-0.39, 0.29) is 5.28 Å². The number of anilines is 4. The standard InChI is InChI=1S/C28H33Cl2N5O4/c1-27(2,3)38-25(36)33-19-9-7-8-17(14-19)10-11-18-15-20(32-23-21(29)16-31-24(30)35-23)12-13-22(18)34-26(37)39-28(4,5)6/h7-9,12-16H,10-11H2,1-6H3,(H,33,36)(H,34,37)(H,31,32,35). The van der Waals surface area contributed by atoms with E-state index in [1.807, 2.05) is 45.0 Å². The summed E-state index contributed by atoms with van der Waals surface area (Å²) < 4.78 is 10.8. The number of carbonyl (C=O) groups is 2. The summed E-state index contributed by atoms with van der Waals surface area (Å²) in [6.07, 6.45) is 1.52. The second-order valence-electron chi connectivity index (χ2n) is 10.8. The van der Waals surface area contributed by atoms with Gasteiger partial charge in [0.15, 0.2) is 5.82 Å². The lowest BCUT2D eigenvalue weighted by atomic mass is 10.0. The fraction of sp³-hybridized carbons (Fsp3) is 0.357. The van der Waals surface area contributed by atoms with E-state index in [0.29, 0.717) is 40.7 Å². The van der Waals surface area contributed by atoms with Gasteiger partial charge in [0.1, 0.15) is 16.2 Å². The summed E-state index contributed by atoms with van der Waals surface area (Å²) in [7, 11) is 0. The van der Waals surface area contributed by atoms with Crippen molar-refractivity contribution in [1.29, 1.82) is 0 Å². The van der Waals surface area contributed by atoms with Crippen molar-refractivity contribution in [2.45, 2.75) is 65.6 Å². The van der Waals surface area contributed by atoms with Crippen LogP contribution in [0.25, 0.3) is 0 Å². The monoisotopic (exact) mass is 573 g/mol. The molecule has 0 bridgehead atoms. The first kappa shape index (κ1) is 30.0. The molecule has 0 saturated carbocycles. The molecule has 11 heteroatoms. The molecule has 1 heterocycles. The zero-order valence-corrected chi connectivity index (χ0v) is 24.3. The topological polar surface area (TPSA) is 114 Å². The molecule has 0 unspecified atom stereocenters. The molecule has 1 aromatic heterocycles. The van der Waals surface area contributed by atoms with E-state index in [1.165, 1.54) is 6.20 Å². The van der Waals surface area contributed by atoms with E-state index in [1.54, 1.807) is 39.0 Å². The number of hydrogen-bond donors (Lipinski definition) is 3. The van der Waals surface area contributed by atoms with Crippen LogP contribution in [0.5, 0.6) is 0 Å². The van der Waals surface area contributed by atoms with Crippen molar-refractivity contribution in [2.24, 2.45) is 0 Å². The first-order valence-electron chi connectivity index (χ1n) is 12.3. The van der Waals surface area contributed by atoms with Gasteiger partial charge in [-0.05, 0) is 107 Å². The molecule has 0 saturated heterocycles. The Morgan fingerprint density at radius 1 is 0.846 bits per heavy atom. The Morgan fingerprint density at radius 3 is 2.18 bits per heavy atom. The number of halogens is 2. The molecule has 0 fully saturated rings. The summed E-state index contributed by atoms with van der Waals surface area (Å²) in [6.45, 7) is 10.8. The van der Waals surface area contributed by atoms with Crippen LogP contribution in [0.15, 0.2) is 48.7 Å². The lowest BCUT2D eigenvalue weighted by Crippen LogP contribution is -2.27. The number of aromatic nitrogens is 2. The van der Waals surface area contributed by atoms with Crippen molar-refractivity contribution in [3.8, 4) is 0 Å². The fourth-order valence-electron chi connectivity index (χ4n) is 3.49. The maximum absolute atomic E-state index is 12.5. The third-order valence-corrected chi connectivity index (χ3v) is 5.43. The minimum atomic E-state index is -0.643. The van der Waals surface area contributed by atoms with Gasteiger partial charge in [-0.3, -0.25) is 10.6 Å². The van der Waals surface area contributed by atoms with Crippen LogP contribution in [0.4, 0.5) is 32.5 Å². The molecule has 0 spiro atoms. The second-order valence-corrected chi connectivity index (χ2v) is 11.5. The Balaban J connectivity index is 1.81. The fourth-order valence-corrected chi connectivity index (χ4v) is 3.76. The molecule has 208 valence electrons. The van der Waals surface area contributed by atoms with Gasteiger partial charge in [-0.15, -0.1) is 0 Å². The normalized spacial score (nSPS) is 11.5. The van der Waals surface area contributed by atoms with Crippen molar-refractivity contribution < 1.29 is 19.1 Å². The van der Waals surface area contributed by atoms with E-state index in [4.69, 9.17) is 32.7 Å². The number of benzene rings is 2. The molecule has 3 aromatic rings. The Bertz CT molecular complexity index is 1340. The van der Waals surface area contributed by atoms with Gasteiger partial charge in [0.2, 0.25) is 5.28 Å². The molecule has 9 nitrogen and oxygen atoms in total. The molecular formula is C28H33Cl2N5O4. The highest BCUT2D eigenvalue weighted by Gasteiger charge is 2.18. The van der Waals surface area contributed by atoms with Crippen LogP contribution in [0, 0.1) is 0 Å². The van der Waals surface area contributed by atoms with Gasteiger partial charge in [0.05, 0.1) is 6.20 Å². The molecule has 0 aliphatic carbocycles. The van der Waals surface area contributed by atoms with Gasteiger partial charge in [-0.1, -0.05) is 23.7 Å². The molecular weight excluding hydrogens is 541 g/mol. The third kappa shape index (κ3) is 10.3. The van der Waals surface area contributed by atoms with Crippen LogP contribution in [0.3, 0.4) is 0 Å². The number of amides is 2. The first-order valence-corrected chi connectivity index (χ1v) is 13.1. The summed E-state index contributed by atoms with van der Waals surface area (Å²) in [5.41, 5.74) is 2.50. The lowest BCUT2D eigenvalue weighted by molar-refractivity contribution is 0.0624. The van der Waals surface area contributed by atoms with Gasteiger partial charge in [0, 0.05) is 17.1 Å². The smallest absolute Gasteiger partial charge is 0.412 e. The summed E-state index contributed by atoms with van der Waals surface area (Å²) in [5.74, 6) is 0.358. The average Bonchev–Trinajstić information content (AvgIpc) is 2.79. The van der Waals surface area contributed by atoms with E-state index >= 15 is 0 Å². The lowest BCUT2D eigenvalue weighted by Gasteiger charge is -2.21. The van der Waals surface area contributed by atoms with Gasteiger partial charge in [-0.25, -0.2) is 14.6 Å². The van der Waals surface area contributed by atoms with Gasteiger partial charge in [-0.2, -0.15) is 4.98 Å². The minimum absolute atomic E-state index is 0.0604. The molecule has 0 aliphatic heterocycles. The van der Waals surface area contributed by atoms with E-state index < -0.39 is 23.4 Å². The number of nitrogens with zero attached hydrogens (tertiary/aromatic N) is 2. The Morgan fingerprint density at radius 2 is 1.51 bits per heavy atom. The zero-order chi connectivity index (χ0) is 28.8. The molecule has 39 heavy (non-hydrogen) atoms. The number of ether oxygens (including phenoxy) is 2. The van der Waals surface area contributed by atoms with Crippen LogP contribution in [-0.2, 0) is 22.3 Å². The van der Waals surface area contributed by atoms with E-state index in [0.717, 1.165) is 11.1 Å². The zero-order valence-electron chi connectivity index (χ0n) is 22.8. The molecule has 0 atom stereocenters. The van der Waals surface area contributed by atoms with Crippen LogP contribution in [0.1, 0.15) is 52.7 Å². The van der Waals surface area contributed by atoms with E-state index in [9.17, 15) is 9.59 Å². The summed E-state index contributed by atoms with van der Waals surface area (Å²) in [4.78, 5) is 32.7. The highest BCUT2D eigenvalue weighted by molar-refractivity contribution is 6.33. The van der Waals surface area contributed by atoms with Crippen LogP contribution in [0.2, 0.25) is 10.3 Å². The van der Waals surface area contributed by atoms with Crippen molar-refractivity contribution >= 4 is 58.3 Å². The van der Waals surface area contributed by atoms with Crippen LogP contribution >= 0.6 is 23.2 Å². The number of rotatable bonds is 7. The van der Waals surface area contributed by atoms with Crippen molar-refractivity contribution in [3.63, 3.8) is 0 Å². The second kappa shape index (κ2) is 12.5. The van der Waals surface area contributed by atoms with Crippen LogP contribution < -0.4 is 16.0 Å². The quantitative estimate of drug-likeness (QED) is 0.245. The molecule has 3 N–H and O–H groups in total. The third-order valence-electron chi connectivity index (χ3n) is 4.97. The summed E-state index contributed by atoms with van der Waals surface area (Å²) >= 11 is 12.1. The molecule has 0 aliphatic rings. The number of nitrogens with one attached hydrogen (secondary N) is 3. The molecule has 2 aromatic carbocycles. The Hall–Kier alpha value is -3.56. The Labute approximate surface area is 238 Å². The van der Waals surface area contributed by atoms with Crippen molar-refractivity contribution in [2.75, 3.05) is 16.0 Å². The summed E-state index contributed by atoms with van der Waals surface area (Å²) in [5, 5.41) is 9.12. The molecule has 2 amide bonds. The minimum Gasteiger partial charge on any atom is -0.444 e. The highest BCUT2D eigenvalue weighted by atomic mass is 35.5. The van der Waals surface area contributed by atoms with Gasteiger partial charge >= 0.3 is 12.2 Å². The molecule has 0 radical (unpaired) electrons. The van der Waals surface area contributed by atoms with E-state index in [2.05, 4.69) is 25.9 Å². The predicted molar refractivity (Wildman–Crippen MR) is 155 cm³/mol. The Kier molecular flexibility index (Phi) is 9.63. The number of carbonyl (C=O) groups excluding carboxylic acids is 2. The van der Waals surface area contributed by atoms with Crippen molar-refractivity contribution in [3.05, 3.63) is 70.1 Å². The van der Waals surface area contributed by atoms with Gasteiger partial charge in [0.25, 0.3) is 0 Å². The average molecular weight is 575 g/mol. The maximum atomic E-state index is 12.5. The van der Waals surface area contributed by atoms with Crippen molar-refractivity contribution in [1.82, 2.24) is 9.97 Å². The predicted octanol–water partition coefficient (Wildman–Crippen LogP) is 8.01. The molecule has 3 rings (SSSR count). The largest absolute Gasteiger partial charge is 0.444 e. The summed E-state index contributed by atoms with van der Waals surface area (Å²) in [6, 6.07) is 13.0. The first-order chi connectivity index (χ1) is 18.2. The highest BCUT2D eigenvalue weighted by Crippen LogP contribution is 2.28. The SMILES string of the molecule is CC(C)(C)OC(=O)Nc1cccc(CCc2cc(Nc3nc(Cl)ncc3Cl)ccc2NC(=O)OC(C)(C)C)c1. The van der Waals surface area contributed by atoms with Crippen LogP contribution in [-0.4, -0.2) is 33.4 Å². The van der Waals surface area contributed by atoms with Gasteiger partial charge < -0.3 is 14.8 Å². The number of aryl methyl sites for hydroxylation is 2.